The summed E-state index contributed by atoms with van der Waals surface area (Å²) in [5.74, 6) is 0. The molecule has 1 unspecified atom stereocenters. The molecule has 0 radical (unpaired) electrons. The maximum Gasteiger partial charge on any atom is 0.257 e. The first-order chi connectivity index (χ1) is 6.97. The van der Waals surface area contributed by atoms with Crippen molar-refractivity contribution < 1.29 is 8.78 Å². The molecule has 86 valence electrons. The largest absolute Gasteiger partial charge is 0.324 e. The summed E-state index contributed by atoms with van der Waals surface area (Å²) in [5.41, 5.74) is 8.30. The van der Waals surface area contributed by atoms with Gasteiger partial charge in [0, 0.05) is 17.3 Å². The summed E-state index contributed by atoms with van der Waals surface area (Å²) in [6.07, 6.45) is -1.60. The fourth-order valence-electron chi connectivity index (χ4n) is 1.76. The highest BCUT2D eigenvalue weighted by Crippen LogP contribution is 2.22. The van der Waals surface area contributed by atoms with E-state index < -0.39 is 6.43 Å². The first-order valence-corrected chi connectivity index (χ1v) is 5.05. The summed E-state index contributed by atoms with van der Waals surface area (Å²) >= 11 is 0. The third-order valence-corrected chi connectivity index (χ3v) is 2.56. The van der Waals surface area contributed by atoms with Crippen LogP contribution in [-0.4, -0.2) is 16.2 Å². The van der Waals surface area contributed by atoms with E-state index in [9.17, 15) is 8.78 Å². The molecule has 0 bridgehead atoms. The van der Waals surface area contributed by atoms with Crippen LogP contribution in [0.3, 0.4) is 0 Å². The molecule has 0 saturated carbocycles. The van der Waals surface area contributed by atoms with E-state index in [2.05, 4.69) is 5.10 Å². The van der Waals surface area contributed by atoms with Crippen LogP contribution in [-0.2, 0) is 6.54 Å². The van der Waals surface area contributed by atoms with Crippen LogP contribution in [0.2, 0.25) is 0 Å². The van der Waals surface area contributed by atoms with E-state index in [0.29, 0.717) is 0 Å². The first-order valence-electron chi connectivity index (χ1n) is 5.05. The normalized spacial score (nSPS) is 13.5. The Kier molecular flexibility index (Phi) is 3.79. The molecule has 0 fully saturated rings. The van der Waals surface area contributed by atoms with Gasteiger partial charge in [0.05, 0.1) is 5.69 Å². The maximum atomic E-state index is 12.2. The van der Waals surface area contributed by atoms with Crippen LogP contribution in [0.5, 0.6) is 0 Å². The van der Waals surface area contributed by atoms with Gasteiger partial charge in [-0.2, -0.15) is 5.10 Å². The molecule has 1 aromatic heterocycles. The van der Waals surface area contributed by atoms with Crippen molar-refractivity contribution in [1.82, 2.24) is 9.78 Å². The molecule has 2 N–H and O–H groups in total. The Hall–Kier alpha value is -0.970. The van der Waals surface area contributed by atoms with E-state index in [1.807, 2.05) is 6.92 Å². The average molecular weight is 217 g/mol. The van der Waals surface area contributed by atoms with Gasteiger partial charge in [-0.1, -0.05) is 6.92 Å². The summed E-state index contributed by atoms with van der Waals surface area (Å²) in [6.45, 7) is 5.20. The number of halogens is 2. The lowest BCUT2D eigenvalue weighted by Crippen LogP contribution is -2.13. The van der Waals surface area contributed by atoms with Gasteiger partial charge in [0.25, 0.3) is 6.43 Å². The van der Waals surface area contributed by atoms with E-state index >= 15 is 0 Å². The highest BCUT2D eigenvalue weighted by Gasteiger charge is 2.18. The van der Waals surface area contributed by atoms with E-state index in [1.54, 1.807) is 13.8 Å². The Morgan fingerprint density at radius 1 is 1.40 bits per heavy atom. The Balaban J connectivity index is 3.03. The molecule has 0 aliphatic carbocycles. The number of hydrogen-bond donors (Lipinski definition) is 1. The number of hydrogen-bond acceptors (Lipinski definition) is 2. The minimum atomic E-state index is -2.38. The SMILES string of the molecule is CCC(N)c1c(C)nn(CC(F)F)c1C. The zero-order chi connectivity index (χ0) is 11.6. The van der Waals surface area contributed by atoms with Gasteiger partial charge in [0.2, 0.25) is 0 Å². The molecule has 1 heterocycles. The number of rotatable bonds is 4. The predicted molar refractivity (Wildman–Crippen MR) is 54.9 cm³/mol. The van der Waals surface area contributed by atoms with Crippen molar-refractivity contribution in [3.63, 3.8) is 0 Å². The quantitative estimate of drug-likeness (QED) is 0.840. The van der Waals surface area contributed by atoms with Crippen molar-refractivity contribution in [2.45, 2.75) is 46.2 Å². The molecular formula is C10H17F2N3. The van der Waals surface area contributed by atoms with Gasteiger partial charge in [-0.15, -0.1) is 0 Å². The van der Waals surface area contributed by atoms with Gasteiger partial charge in [-0.3, -0.25) is 4.68 Å². The maximum absolute atomic E-state index is 12.2. The van der Waals surface area contributed by atoms with Gasteiger partial charge in [-0.25, -0.2) is 8.78 Å². The van der Waals surface area contributed by atoms with Crippen molar-refractivity contribution in [2.24, 2.45) is 5.73 Å². The zero-order valence-corrected chi connectivity index (χ0v) is 9.30. The summed E-state index contributed by atoms with van der Waals surface area (Å²) in [6, 6.07) is -0.114. The highest BCUT2D eigenvalue weighted by molar-refractivity contribution is 5.27. The fraction of sp³-hybridized carbons (Fsp3) is 0.700. The van der Waals surface area contributed by atoms with Gasteiger partial charge in [0.1, 0.15) is 6.54 Å². The molecule has 15 heavy (non-hydrogen) atoms. The fourth-order valence-corrected chi connectivity index (χ4v) is 1.76. The summed E-state index contributed by atoms with van der Waals surface area (Å²) in [4.78, 5) is 0. The smallest absolute Gasteiger partial charge is 0.257 e. The van der Waals surface area contributed by atoms with Crippen LogP contribution >= 0.6 is 0 Å². The number of aryl methyl sites for hydroxylation is 1. The first kappa shape index (κ1) is 12.1. The lowest BCUT2D eigenvalue weighted by molar-refractivity contribution is 0.121. The van der Waals surface area contributed by atoms with Crippen molar-refractivity contribution >= 4 is 0 Å². The molecule has 0 aliphatic rings. The molecule has 1 aromatic rings. The van der Waals surface area contributed by atoms with Crippen molar-refractivity contribution in [2.75, 3.05) is 0 Å². The molecule has 0 saturated heterocycles. The monoisotopic (exact) mass is 217 g/mol. The Morgan fingerprint density at radius 2 is 2.00 bits per heavy atom. The Labute approximate surface area is 88.3 Å². The van der Waals surface area contributed by atoms with Crippen molar-refractivity contribution in [1.29, 1.82) is 0 Å². The second kappa shape index (κ2) is 4.70. The van der Waals surface area contributed by atoms with E-state index in [-0.39, 0.29) is 12.6 Å². The molecule has 0 spiro atoms. The number of alkyl halides is 2. The lowest BCUT2D eigenvalue weighted by atomic mass is 10.0. The van der Waals surface area contributed by atoms with Crippen molar-refractivity contribution in [3.05, 3.63) is 17.0 Å². The molecule has 3 nitrogen and oxygen atoms in total. The molecule has 0 aromatic carbocycles. The molecule has 0 aliphatic heterocycles. The van der Waals surface area contributed by atoms with Crippen LogP contribution in [0.15, 0.2) is 0 Å². The van der Waals surface area contributed by atoms with E-state index in [0.717, 1.165) is 23.4 Å². The summed E-state index contributed by atoms with van der Waals surface area (Å²) < 4.78 is 25.8. The number of nitrogens with zero attached hydrogens (tertiary/aromatic N) is 2. The summed E-state index contributed by atoms with van der Waals surface area (Å²) in [5, 5.41) is 4.08. The van der Waals surface area contributed by atoms with Crippen LogP contribution < -0.4 is 5.73 Å². The minimum absolute atomic E-state index is 0.114. The van der Waals surface area contributed by atoms with Gasteiger partial charge < -0.3 is 5.73 Å². The van der Waals surface area contributed by atoms with Crippen LogP contribution in [0.4, 0.5) is 8.78 Å². The average Bonchev–Trinajstić information content (AvgIpc) is 2.40. The third-order valence-electron chi connectivity index (χ3n) is 2.56. The molecular weight excluding hydrogens is 200 g/mol. The second-order valence-electron chi connectivity index (χ2n) is 3.67. The summed E-state index contributed by atoms with van der Waals surface area (Å²) in [7, 11) is 0. The molecule has 1 atom stereocenters. The molecule has 0 amide bonds. The number of aromatic nitrogens is 2. The van der Waals surface area contributed by atoms with Gasteiger partial charge in [0.15, 0.2) is 0 Å². The molecule has 5 heteroatoms. The Bertz CT molecular complexity index is 334. The standard InChI is InChI=1S/C10H17F2N3/c1-4-8(13)10-6(2)14-15(7(10)3)5-9(11)12/h8-9H,4-5,13H2,1-3H3. The third kappa shape index (κ3) is 2.53. The predicted octanol–water partition coefficient (Wildman–Crippen LogP) is 2.17. The van der Waals surface area contributed by atoms with E-state index in [1.165, 1.54) is 4.68 Å². The van der Waals surface area contributed by atoms with Crippen molar-refractivity contribution in [3.8, 4) is 0 Å². The lowest BCUT2D eigenvalue weighted by Gasteiger charge is -2.09. The van der Waals surface area contributed by atoms with Crippen LogP contribution in [0.25, 0.3) is 0 Å². The van der Waals surface area contributed by atoms with Crippen LogP contribution in [0.1, 0.15) is 36.3 Å². The Morgan fingerprint density at radius 3 is 2.47 bits per heavy atom. The second-order valence-corrected chi connectivity index (χ2v) is 3.67. The topological polar surface area (TPSA) is 43.8 Å². The number of nitrogens with two attached hydrogens (primary N) is 1. The van der Waals surface area contributed by atoms with Crippen LogP contribution in [0, 0.1) is 13.8 Å². The van der Waals surface area contributed by atoms with E-state index in [4.69, 9.17) is 5.73 Å². The van der Waals surface area contributed by atoms with Gasteiger partial charge >= 0.3 is 0 Å². The minimum Gasteiger partial charge on any atom is -0.324 e. The molecule has 1 rings (SSSR count). The van der Waals surface area contributed by atoms with Gasteiger partial charge in [-0.05, 0) is 20.3 Å². The highest BCUT2D eigenvalue weighted by atomic mass is 19.3. The zero-order valence-electron chi connectivity index (χ0n) is 9.30.